The van der Waals surface area contributed by atoms with Crippen molar-refractivity contribution >= 4 is 44.0 Å². The summed E-state index contributed by atoms with van der Waals surface area (Å²) < 4.78 is 0.919. The second kappa shape index (κ2) is 7.38. The van der Waals surface area contributed by atoms with Crippen molar-refractivity contribution in [2.45, 2.75) is 0 Å². The van der Waals surface area contributed by atoms with Gasteiger partial charge in [0, 0.05) is 0 Å². The fourth-order valence-electron chi connectivity index (χ4n) is 2.26. The van der Waals surface area contributed by atoms with E-state index in [1.807, 2.05) is 36.4 Å². The Hall–Kier alpha value is -3.83. The molecule has 0 saturated carbocycles. The summed E-state index contributed by atoms with van der Waals surface area (Å²) in [4.78, 5) is 24.4. The molecule has 0 spiro atoms. The molecule has 0 radical (unpaired) electrons. The third kappa shape index (κ3) is 3.33. The Bertz CT molecular complexity index is 1000. The standard InChI is InChI=1S/C15H10N8O2S/c16-5-7-22(8-6-17)14-12(23(24)25)13(18-9-19-14)21-15-20-10-3-1-2-4-11(10)26-15/h1-4,9H,7-8H2,(H,18,19,20,21). The molecule has 0 atom stereocenters. The van der Waals surface area contributed by atoms with Crippen LogP contribution in [0, 0.1) is 32.8 Å². The number of aromatic nitrogens is 3. The van der Waals surface area contributed by atoms with E-state index >= 15 is 0 Å². The van der Waals surface area contributed by atoms with Gasteiger partial charge in [0.15, 0.2) is 5.13 Å². The number of rotatable bonds is 6. The number of nitrogens with one attached hydrogen (secondary N) is 1. The Balaban J connectivity index is 2.04. The van der Waals surface area contributed by atoms with Crippen molar-refractivity contribution in [2.24, 2.45) is 0 Å². The van der Waals surface area contributed by atoms with Gasteiger partial charge in [-0.05, 0) is 12.1 Å². The second-order valence-electron chi connectivity index (χ2n) is 4.94. The molecule has 0 unspecified atom stereocenters. The van der Waals surface area contributed by atoms with E-state index in [1.165, 1.54) is 16.2 Å². The van der Waals surface area contributed by atoms with Gasteiger partial charge in [0.1, 0.15) is 19.4 Å². The van der Waals surface area contributed by atoms with Crippen molar-refractivity contribution in [1.82, 2.24) is 15.0 Å². The molecule has 0 aliphatic carbocycles. The van der Waals surface area contributed by atoms with Gasteiger partial charge in [0.05, 0.1) is 27.3 Å². The highest BCUT2D eigenvalue weighted by molar-refractivity contribution is 7.22. The third-order valence-corrected chi connectivity index (χ3v) is 4.28. The van der Waals surface area contributed by atoms with Gasteiger partial charge < -0.3 is 10.2 Å². The first-order chi connectivity index (χ1) is 12.6. The lowest BCUT2D eigenvalue weighted by Gasteiger charge is -2.17. The molecule has 1 N–H and O–H groups in total. The van der Waals surface area contributed by atoms with E-state index < -0.39 is 10.6 Å². The zero-order valence-electron chi connectivity index (χ0n) is 13.2. The molecule has 11 heteroatoms. The first-order valence-corrected chi connectivity index (χ1v) is 8.06. The van der Waals surface area contributed by atoms with Crippen LogP contribution in [-0.2, 0) is 0 Å². The Morgan fingerprint density at radius 1 is 1.23 bits per heavy atom. The molecule has 3 rings (SSSR count). The highest BCUT2D eigenvalue weighted by Crippen LogP contribution is 2.35. The number of hydrogen-bond acceptors (Lipinski definition) is 10. The van der Waals surface area contributed by atoms with Gasteiger partial charge in [0.2, 0.25) is 11.6 Å². The monoisotopic (exact) mass is 366 g/mol. The highest BCUT2D eigenvalue weighted by Gasteiger charge is 2.27. The number of nitro groups is 1. The van der Waals surface area contributed by atoms with E-state index in [0.29, 0.717) is 5.13 Å². The predicted octanol–water partition coefficient (Wildman–Crippen LogP) is 2.59. The number of fused-ring (bicyclic) bond motifs is 1. The smallest absolute Gasteiger partial charge is 0.324 e. The predicted molar refractivity (Wildman–Crippen MR) is 95.0 cm³/mol. The molecule has 26 heavy (non-hydrogen) atoms. The number of benzene rings is 1. The zero-order chi connectivity index (χ0) is 18.5. The van der Waals surface area contributed by atoms with E-state index in [0.717, 1.165) is 16.5 Å². The second-order valence-corrected chi connectivity index (χ2v) is 5.97. The molecule has 0 aliphatic rings. The first-order valence-electron chi connectivity index (χ1n) is 7.25. The molecule has 0 fully saturated rings. The number of nitriles is 2. The van der Waals surface area contributed by atoms with Crippen molar-refractivity contribution < 1.29 is 4.92 Å². The molecule has 0 aliphatic heterocycles. The van der Waals surface area contributed by atoms with E-state index in [9.17, 15) is 10.1 Å². The van der Waals surface area contributed by atoms with Gasteiger partial charge in [0.25, 0.3) is 0 Å². The summed E-state index contributed by atoms with van der Waals surface area (Å²) in [6, 6.07) is 11.2. The molecule has 1 aromatic carbocycles. The van der Waals surface area contributed by atoms with Gasteiger partial charge in [-0.1, -0.05) is 23.5 Å². The largest absolute Gasteiger partial charge is 0.353 e. The van der Waals surface area contributed by atoms with Crippen molar-refractivity contribution in [3.63, 3.8) is 0 Å². The van der Waals surface area contributed by atoms with Crippen LogP contribution in [0.2, 0.25) is 0 Å². The molecular weight excluding hydrogens is 356 g/mol. The molecule has 0 bridgehead atoms. The maximum atomic E-state index is 11.6. The van der Waals surface area contributed by atoms with E-state index in [-0.39, 0.29) is 24.7 Å². The van der Waals surface area contributed by atoms with Crippen molar-refractivity contribution in [3.8, 4) is 12.1 Å². The van der Waals surface area contributed by atoms with Gasteiger partial charge in [-0.2, -0.15) is 10.5 Å². The number of thiazole rings is 1. The summed E-state index contributed by atoms with van der Waals surface area (Å²) in [6.07, 6.45) is 1.14. The Kier molecular flexibility index (Phi) is 4.83. The molecular formula is C15H10N8O2S. The average Bonchev–Trinajstić information content (AvgIpc) is 3.03. The Morgan fingerprint density at radius 2 is 1.96 bits per heavy atom. The lowest BCUT2D eigenvalue weighted by molar-refractivity contribution is -0.383. The summed E-state index contributed by atoms with van der Waals surface area (Å²) in [5.41, 5.74) is 0.338. The summed E-state index contributed by atoms with van der Waals surface area (Å²) in [6.45, 7) is -0.433. The van der Waals surface area contributed by atoms with Crippen LogP contribution in [0.4, 0.5) is 22.5 Å². The number of para-hydroxylation sites is 1. The molecule has 2 heterocycles. The number of anilines is 3. The molecule has 2 aromatic heterocycles. The molecule has 3 aromatic rings. The minimum atomic E-state index is -0.646. The van der Waals surface area contributed by atoms with Crippen molar-refractivity contribution in [3.05, 3.63) is 40.7 Å². The Morgan fingerprint density at radius 3 is 2.62 bits per heavy atom. The normalized spacial score (nSPS) is 10.1. The van der Waals surface area contributed by atoms with Crippen LogP contribution in [0.3, 0.4) is 0 Å². The van der Waals surface area contributed by atoms with E-state index in [2.05, 4.69) is 20.3 Å². The summed E-state index contributed by atoms with van der Waals surface area (Å²) in [7, 11) is 0. The van der Waals surface area contributed by atoms with Gasteiger partial charge in [-0.3, -0.25) is 10.1 Å². The first kappa shape index (κ1) is 17.0. The molecule has 0 amide bonds. The summed E-state index contributed by atoms with van der Waals surface area (Å²) in [5.74, 6) is -0.156. The fraction of sp³-hybridized carbons (Fsp3) is 0.133. The van der Waals surface area contributed by atoms with E-state index in [1.54, 1.807) is 0 Å². The minimum absolute atomic E-state index is 0.0556. The average molecular weight is 366 g/mol. The van der Waals surface area contributed by atoms with Crippen LogP contribution in [0.15, 0.2) is 30.6 Å². The lowest BCUT2D eigenvalue weighted by Crippen LogP contribution is -2.26. The maximum Gasteiger partial charge on any atom is 0.353 e. The van der Waals surface area contributed by atoms with Crippen LogP contribution in [0.5, 0.6) is 0 Å². The minimum Gasteiger partial charge on any atom is -0.324 e. The third-order valence-electron chi connectivity index (χ3n) is 3.33. The number of hydrogen-bond donors (Lipinski definition) is 1. The fourth-order valence-corrected chi connectivity index (χ4v) is 3.13. The van der Waals surface area contributed by atoms with Crippen LogP contribution >= 0.6 is 11.3 Å². The topological polar surface area (TPSA) is 145 Å². The number of nitrogens with zero attached hydrogens (tertiary/aromatic N) is 7. The molecule has 10 nitrogen and oxygen atoms in total. The van der Waals surface area contributed by atoms with Gasteiger partial charge in [-0.25, -0.2) is 15.0 Å². The molecule has 128 valence electrons. The lowest BCUT2D eigenvalue weighted by atomic mass is 10.3. The maximum absolute atomic E-state index is 11.6. The Labute approximate surface area is 151 Å². The van der Waals surface area contributed by atoms with E-state index in [4.69, 9.17) is 10.5 Å². The summed E-state index contributed by atoms with van der Waals surface area (Å²) in [5, 5.41) is 32.7. The van der Waals surface area contributed by atoms with Crippen LogP contribution in [0.25, 0.3) is 10.2 Å². The van der Waals surface area contributed by atoms with Crippen molar-refractivity contribution in [2.75, 3.05) is 23.3 Å². The SMILES string of the molecule is N#CCN(CC#N)c1ncnc(Nc2nc3ccccc3s2)c1[N+](=O)[O-]. The van der Waals surface area contributed by atoms with Crippen molar-refractivity contribution in [1.29, 1.82) is 10.5 Å². The summed E-state index contributed by atoms with van der Waals surface area (Å²) >= 11 is 1.32. The van der Waals surface area contributed by atoms with Gasteiger partial charge in [-0.15, -0.1) is 0 Å². The zero-order valence-corrected chi connectivity index (χ0v) is 14.0. The van der Waals surface area contributed by atoms with Gasteiger partial charge >= 0.3 is 5.69 Å². The van der Waals surface area contributed by atoms with Crippen LogP contribution in [-0.4, -0.2) is 33.0 Å². The quantitative estimate of drug-likeness (QED) is 0.395. The molecule has 0 saturated heterocycles. The van der Waals surface area contributed by atoms with Crippen LogP contribution < -0.4 is 10.2 Å². The van der Waals surface area contributed by atoms with Crippen LogP contribution in [0.1, 0.15) is 0 Å². The highest BCUT2D eigenvalue weighted by atomic mass is 32.1.